The minimum atomic E-state index is 0.272. The van der Waals surface area contributed by atoms with Crippen molar-refractivity contribution in [1.82, 2.24) is 21.2 Å². The van der Waals surface area contributed by atoms with E-state index >= 15 is 0 Å². The molecular weight excluding hydrogens is 324 g/mol. The predicted molar refractivity (Wildman–Crippen MR) is 93.4 cm³/mol. The molecule has 128 valence electrons. The van der Waals surface area contributed by atoms with Crippen LogP contribution in [0.5, 0.6) is 11.5 Å². The van der Waals surface area contributed by atoms with Crippen LogP contribution in [-0.2, 0) is 6.42 Å². The highest BCUT2D eigenvalue weighted by Gasteiger charge is 2.29. The van der Waals surface area contributed by atoms with Gasteiger partial charge in [-0.1, -0.05) is 6.07 Å². The summed E-state index contributed by atoms with van der Waals surface area (Å²) in [5.74, 6) is 2.16. The number of hydrazine groups is 1. The van der Waals surface area contributed by atoms with Gasteiger partial charge in [0.25, 0.3) is 0 Å². The Kier molecular flexibility index (Phi) is 4.66. The number of benzene rings is 1. The Labute approximate surface area is 145 Å². The van der Waals surface area contributed by atoms with Crippen molar-refractivity contribution in [2.24, 2.45) is 5.92 Å². The summed E-state index contributed by atoms with van der Waals surface area (Å²) in [6.45, 7) is 5.22. The number of aryl methyl sites for hydroxylation is 1. The summed E-state index contributed by atoms with van der Waals surface area (Å²) in [7, 11) is 0. The van der Waals surface area contributed by atoms with E-state index in [1.54, 1.807) is 11.3 Å². The van der Waals surface area contributed by atoms with Crippen LogP contribution in [-0.4, -0.2) is 31.4 Å². The molecule has 3 heterocycles. The molecule has 1 fully saturated rings. The SMILES string of the molecule is Cc1nc(CCNCC2CNNC2c2ccc3c(c2)OCO3)cs1. The Bertz CT molecular complexity index is 706. The number of ether oxygens (including phenoxy) is 2. The highest BCUT2D eigenvalue weighted by Crippen LogP contribution is 2.36. The fourth-order valence-corrected chi connectivity index (χ4v) is 3.86. The van der Waals surface area contributed by atoms with E-state index in [2.05, 4.69) is 38.7 Å². The lowest BCUT2D eigenvalue weighted by Crippen LogP contribution is -2.30. The number of aromatic nitrogens is 1. The van der Waals surface area contributed by atoms with Gasteiger partial charge in [0, 0.05) is 37.4 Å². The van der Waals surface area contributed by atoms with Crippen LogP contribution in [0.1, 0.15) is 22.3 Å². The molecule has 4 rings (SSSR count). The van der Waals surface area contributed by atoms with Crippen molar-refractivity contribution in [3.05, 3.63) is 39.8 Å². The number of hydrogen-bond acceptors (Lipinski definition) is 7. The molecule has 6 nitrogen and oxygen atoms in total. The average molecular weight is 346 g/mol. The monoisotopic (exact) mass is 346 g/mol. The van der Waals surface area contributed by atoms with Gasteiger partial charge in [-0.3, -0.25) is 5.43 Å². The number of hydrogen-bond donors (Lipinski definition) is 3. The Balaban J connectivity index is 1.31. The van der Waals surface area contributed by atoms with Gasteiger partial charge in [-0.25, -0.2) is 10.4 Å². The number of nitrogens with one attached hydrogen (secondary N) is 3. The molecule has 0 saturated carbocycles. The molecule has 3 N–H and O–H groups in total. The first-order valence-corrected chi connectivity index (χ1v) is 9.17. The third kappa shape index (κ3) is 3.39. The van der Waals surface area contributed by atoms with Crippen molar-refractivity contribution in [2.45, 2.75) is 19.4 Å². The molecule has 0 amide bonds. The van der Waals surface area contributed by atoms with Crippen molar-refractivity contribution in [3.8, 4) is 11.5 Å². The van der Waals surface area contributed by atoms with Gasteiger partial charge in [-0.15, -0.1) is 11.3 Å². The number of nitrogens with zero attached hydrogens (tertiary/aromatic N) is 1. The number of thiazole rings is 1. The zero-order valence-electron chi connectivity index (χ0n) is 13.7. The van der Waals surface area contributed by atoms with E-state index in [4.69, 9.17) is 9.47 Å². The van der Waals surface area contributed by atoms with Crippen molar-refractivity contribution >= 4 is 11.3 Å². The van der Waals surface area contributed by atoms with Crippen LogP contribution in [0.15, 0.2) is 23.6 Å². The Hall–Kier alpha value is -1.67. The predicted octanol–water partition coefficient (Wildman–Crippen LogP) is 1.78. The quantitative estimate of drug-likeness (QED) is 0.693. The molecule has 7 heteroatoms. The van der Waals surface area contributed by atoms with Crippen molar-refractivity contribution in [2.75, 3.05) is 26.4 Å². The van der Waals surface area contributed by atoms with Crippen molar-refractivity contribution in [3.63, 3.8) is 0 Å². The average Bonchev–Trinajstić information content (AvgIpc) is 3.31. The maximum Gasteiger partial charge on any atom is 0.231 e. The highest BCUT2D eigenvalue weighted by molar-refractivity contribution is 7.09. The van der Waals surface area contributed by atoms with E-state index < -0.39 is 0 Å². The fraction of sp³-hybridized carbons (Fsp3) is 0.471. The summed E-state index contributed by atoms with van der Waals surface area (Å²) in [5, 5.41) is 6.85. The number of rotatable bonds is 6. The van der Waals surface area contributed by atoms with Gasteiger partial charge in [0.15, 0.2) is 11.5 Å². The van der Waals surface area contributed by atoms with Gasteiger partial charge in [0.05, 0.1) is 16.7 Å². The number of fused-ring (bicyclic) bond motifs is 1. The summed E-state index contributed by atoms with van der Waals surface area (Å²) in [4.78, 5) is 4.50. The van der Waals surface area contributed by atoms with E-state index in [-0.39, 0.29) is 6.04 Å². The molecule has 1 aromatic heterocycles. The summed E-state index contributed by atoms with van der Waals surface area (Å²) in [6, 6.07) is 6.46. The van der Waals surface area contributed by atoms with E-state index in [0.717, 1.165) is 42.6 Å². The fourth-order valence-electron chi connectivity index (χ4n) is 3.21. The third-order valence-corrected chi connectivity index (χ3v) is 5.30. The lowest BCUT2D eigenvalue weighted by molar-refractivity contribution is 0.174. The van der Waals surface area contributed by atoms with Gasteiger partial charge in [0.1, 0.15) is 0 Å². The standard InChI is InChI=1S/C17H22N4O2S/c1-11-20-14(9-24-11)4-5-18-7-13-8-19-21-17(13)12-2-3-15-16(6-12)23-10-22-15/h2-3,6,9,13,17-19,21H,4-5,7-8,10H2,1H3. The second kappa shape index (κ2) is 7.06. The second-order valence-corrected chi connectivity index (χ2v) is 7.25. The molecule has 2 aromatic rings. The lowest BCUT2D eigenvalue weighted by Gasteiger charge is -2.19. The largest absolute Gasteiger partial charge is 0.454 e. The highest BCUT2D eigenvalue weighted by atomic mass is 32.1. The summed E-state index contributed by atoms with van der Waals surface area (Å²) in [5.41, 5.74) is 9.07. The Morgan fingerprint density at radius 3 is 3.12 bits per heavy atom. The summed E-state index contributed by atoms with van der Waals surface area (Å²) in [6.07, 6.45) is 0.979. The molecule has 2 unspecified atom stereocenters. The molecule has 1 aromatic carbocycles. The van der Waals surface area contributed by atoms with Gasteiger partial charge >= 0.3 is 0 Å². The van der Waals surface area contributed by atoms with Crippen LogP contribution >= 0.6 is 11.3 Å². The first kappa shape index (κ1) is 15.8. The molecule has 1 saturated heterocycles. The van der Waals surface area contributed by atoms with E-state index in [9.17, 15) is 0 Å². The Morgan fingerprint density at radius 2 is 2.25 bits per heavy atom. The molecule has 24 heavy (non-hydrogen) atoms. The molecular formula is C17H22N4O2S. The van der Waals surface area contributed by atoms with E-state index in [1.807, 2.05) is 13.0 Å². The van der Waals surface area contributed by atoms with Crippen LogP contribution in [0.2, 0.25) is 0 Å². The van der Waals surface area contributed by atoms with Crippen LogP contribution < -0.4 is 25.6 Å². The maximum atomic E-state index is 5.49. The molecule has 2 atom stereocenters. The zero-order chi connectivity index (χ0) is 16.4. The molecule has 2 aliphatic heterocycles. The van der Waals surface area contributed by atoms with Gasteiger partial charge in [-0.05, 0) is 24.6 Å². The van der Waals surface area contributed by atoms with Crippen LogP contribution in [0, 0.1) is 12.8 Å². The Morgan fingerprint density at radius 1 is 1.33 bits per heavy atom. The first-order valence-electron chi connectivity index (χ1n) is 8.29. The summed E-state index contributed by atoms with van der Waals surface area (Å²) < 4.78 is 10.9. The zero-order valence-corrected chi connectivity index (χ0v) is 14.5. The molecule has 0 bridgehead atoms. The van der Waals surface area contributed by atoms with Gasteiger partial charge in [-0.2, -0.15) is 0 Å². The third-order valence-electron chi connectivity index (χ3n) is 4.48. The minimum absolute atomic E-state index is 0.272. The van der Waals surface area contributed by atoms with Crippen LogP contribution in [0.25, 0.3) is 0 Å². The lowest BCUT2D eigenvalue weighted by atomic mass is 9.94. The van der Waals surface area contributed by atoms with E-state index in [1.165, 1.54) is 11.3 Å². The topological polar surface area (TPSA) is 67.4 Å². The first-order chi connectivity index (χ1) is 11.8. The molecule has 0 aliphatic carbocycles. The normalized spacial score (nSPS) is 22.2. The van der Waals surface area contributed by atoms with Gasteiger partial charge in [0.2, 0.25) is 6.79 Å². The second-order valence-electron chi connectivity index (χ2n) is 6.19. The maximum absolute atomic E-state index is 5.49. The van der Waals surface area contributed by atoms with E-state index in [0.29, 0.717) is 12.7 Å². The summed E-state index contributed by atoms with van der Waals surface area (Å²) >= 11 is 1.71. The molecule has 0 spiro atoms. The smallest absolute Gasteiger partial charge is 0.231 e. The molecule has 2 aliphatic rings. The van der Waals surface area contributed by atoms with Gasteiger partial charge < -0.3 is 14.8 Å². The van der Waals surface area contributed by atoms with Crippen molar-refractivity contribution < 1.29 is 9.47 Å². The minimum Gasteiger partial charge on any atom is -0.454 e. The molecule has 0 radical (unpaired) electrons. The van der Waals surface area contributed by atoms with Crippen molar-refractivity contribution in [1.29, 1.82) is 0 Å². The van der Waals surface area contributed by atoms with Crippen LogP contribution in [0.3, 0.4) is 0 Å². The van der Waals surface area contributed by atoms with Crippen LogP contribution in [0.4, 0.5) is 0 Å².